The average Bonchev–Trinajstić information content (AvgIpc) is 2.79. The lowest BCUT2D eigenvalue weighted by Crippen LogP contribution is -1.87. The molecule has 0 fully saturated rings. The molecule has 32 heavy (non-hydrogen) atoms. The monoisotopic (exact) mass is 420 g/mol. The van der Waals surface area contributed by atoms with E-state index >= 15 is 0 Å². The van der Waals surface area contributed by atoms with Gasteiger partial charge < -0.3 is 4.74 Å². The fourth-order valence-corrected chi connectivity index (χ4v) is 1.79. The molecule has 1 aromatic rings. The van der Waals surface area contributed by atoms with Gasteiger partial charge in [-0.05, 0) is 77.5 Å². The van der Waals surface area contributed by atoms with Gasteiger partial charge in [0.2, 0.25) is 0 Å². The van der Waals surface area contributed by atoms with Crippen LogP contribution in [0.5, 0.6) is 5.75 Å². The molecule has 0 heterocycles. The Balaban J connectivity index is 2.46. The van der Waals surface area contributed by atoms with Gasteiger partial charge in [0.25, 0.3) is 0 Å². The number of terminal acetylenes is 1. The first-order chi connectivity index (χ1) is 15.8. The number of benzene rings is 1. The van der Waals surface area contributed by atoms with Crippen LogP contribution in [0.25, 0.3) is 0 Å². The molecule has 0 aliphatic carbocycles. The normalized spacial score (nSPS) is 5.91. The van der Waals surface area contributed by atoms with E-state index in [0.29, 0.717) is 11.6 Å². The third-order valence-electron chi connectivity index (χ3n) is 2.68. The molecular weight excluding hydrogens is 412 g/mol. The van der Waals surface area contributed by atoms with E-state index < -0.39 is 0 Å². The molecule has 0 spiro atoms. The summed E-state index contributed by atoms with van der Waals surface area (Å²) in [6.45, 7) is 1.95. The van der Waals surface area contributed by atoms with Crippen molar-refractivity contribution in [1.29, 1.82) is 0 Å². The van der Waals surface area contributed by atoms with Crippen LogP contribution in [0.15, 0.2) is 18.2 Å². The van der Waals surface area contributed by atoms with Crippen molar-refractivity contribution in [3.63, 3.8) is 0 Å². The maximum Gasteiger partial charge on any atom is 0.140 e. The molecule has 142 valence electrons. The quantitative estimate of drug-likeness (QED) is 0.528. The lowest BCUT2D eigenvalue weighted by molar-refractivity contribution is 0.519. The van der Waals surface area contributed by atoms with E-state index in [1.165, 1.54) is 0 Å². The Labute approximate surface area is 195 Å². The molecule has 0 N–H and O–H groups in total. The first-order valence-electron chi connectivity index (χ1n) is 8.55. The fourth-order valence-electron chi connectivity index (χ4n) is 1.64. The van der Waals surface area contributed by atoms with Crippen molar-refractivity contribution >= 4 is 11.6 Å². The summed E-state index contributed by atoms with van der Waals surface area (Å²) in [4.78, 5) is 0. The molecule has 2 heteroatoms. The number of hydrogen-bond acceptors (Lipinski definition) is 1. The van der Waals surface area contributed by atoms with Crippen LogP contribution in [0.1, 0.15) is 11.1 Å². The third-order valence-corrected chi connectivity index (χ3v) is 2.99. The minimum absolute atomic E-state index is 0.407. The van der Waals surface area contributed by atoms with Crippen LogP contribution in [0.3, 0.4) is 0 Å². The van der Waals surface area contributed by atoms with Crippen molar-refractivity contribution in [2.24, 2.45) is 0 Å². The summed E-state index contributed by atoms with van der Waals surface area (Å²) in [7, 11) is 0. The molecule has 0 amide bonds. The van der Waals surface area contributed by atoms with E-state index in [-0.39, 0.29) is 0 Å². The molecule has 1 nitrogen and oxygen atoms in total. The Morgan fingerprint density at radius 2 is 1.03 bits per heavy atom. The van der Waals surface area contributed by atoms with Crippen LogP contribution in [-0.2, 0) is 5.88 Å². The largest absolute Gasteiger partial charge is 0.407 e. The van der Waals surface area contributed by atoms with Gasteiger partial charge in [0, 0.05) is 76.9 Å². The second kappa shape index (κ2) is 17.6. The molecule has 0 unspecified atom stereocenters. The Morgan fingerprint density at radius 3 is 1.44 bits per heavy atom. The van der Waals surface area contributed by atoms with Crippen molar-refractivity contribution in [3.05, 3.63) is 29.3 Å². The van der Waals surface area contributed by atoms with Crippen LogP contribution < -0.4 is 4.74 Å². The highest BCUT2D eigenvalue weighted by molar-refractivity contribution is 6.17. The zero-order valence-electron chi connectivity index (χ0n) is 16.8. The van der Waals surface area contributed by atoms with E-state index in [0.717, 1.165) is 11.1 Å². The number of aryl methyl sites for hydroxylation is 1. The van der Waals surface area contributed by atoms with Crippen molar-refractivity contribution in [1.82, 2.24) is 0 Å². The summed E-state index contributed by atoms with van der Waals surface area (Å²) < 4.78 is 5.30. The topological polar surface area (TPSA) is 9.23 Å². The van der Waals surface area contributed by atoms with Gasteiger partial charge in [0.05, 0.1) is 0 Å². The minimum atomic E-state index is 0.407. The Kier molecular flexibility index (Phi) is 13.4. The Hall–Kier alpha value is -5.53. The first-order valence-corrected chi connectivity index (χ1v) is 9.08. The highest BCUT2D eigenvalue weighted by Gasteiger charge is 1.97. The summed E-state index contributed by atoms with van der Waals surface area (Å²) >= 11 is 5.82. The summed E-state index contributed by atoms with van der Waals surface area (Å²) in [6, 6.07) is 5.65. The molecule has 0 bridgehead atoms. The molecule has 0 aliphatic rings. The molecule has 1 rings (SSSR count). The van der Waals surface area contributed by atoms with E-state index in [2.05, 4.69) is 125 Å². The SMILES string of the molecule is C#CC#CC#CC#CC#CC#CC#CC#CC#CC#CC#COc1cc(C)cc(CCl)c1. The summed E-state index contributed by atoms with van der Waals surface area (Å²) in [5, 5.41) is 0. The summed E-state index contributed by atoms with van der Waals surface area (Å²) in [6.07, 6.45) is 7.42. The predicted molar refractivity (Wildman–Crippen MR) is 128 cm³/mol. The Morgan fingerprint density at radius 1 is 0.625 bits per heavy atom. The van der Waals surface area contributed by atoms with Gasteiger partial charge in [-0.3, -0.25) is 0 Å². The third kappa shape index (κ3) is 13.6. The molecule has 0 saturated carbocycles. The maximum atomic E-state index is 5.82. The van der Waals surface area contributed by atoms with E-state index in [4.69, 9.17) is 22.8 Å². The lowest BCUT2D eigenvalue weighted by Gasteiger charge is -2.02. The minimum Gasteiger partial charge on any atom is -0.407 e. The van der Waals surface area contributed by atoms with Crippen molar-refractivity contribution in [2.75, 3.05) is 0 Å². The highest BCUT2D eigenvalue weighted by atomic mass is 35.5. The number of ether oxygens (including phenoxy) is 1. The maximum absolute atomic E-state index is 5.82. The van der Waals surface area contributed by atoms with E-state index in [1.807, 2.05) is 25.1 Å². The first kappa shape index (κ1) is 24.5. The average molecular weight is 421 g/mol. The van der Waals surface area contributed by atoms with Crippen LogP contribution >= 0.6 is 11.6 Å². The van der Waals surface area contributed by atoms with Crippen LogP contribution in [0.2, 0.25) is 0 Å². The van der Waals surface area contributed by atoms with Crippen molar-refractivity contribution in [3.8, 4) is 137 Å². The van der Waals surface area contributed by atoms with E-state index in [9.17, 15) is 0 Å². The van der Waals surface area contributed by atoms with Gasteiger partial charge in [0.1, 0.15) is 11.9 Å². The molecule has 0 aromatic heterocycles. The second-order valence-corrected chi connectivity index (χ2v) is 5.28. The Bertz CT molecular complexity index is 1550. The van der Waals surface area contributed by atoms with Crippen molar-refractivity contribution < 1.29 is 4.74 Å². The van der Waals surface area contributed by atoms with Gasteiger partial charge in [0.15, 0.2) is 0 Å². The zero-order valence-corrected chi connectivity index (χ0v) is 17.6. The predicted octanol–water partition coefficient (Wildman–Crippen LogP) is 2.74. The van der Waals surface area contributed by atoms with Gasteiger partial charge in [-0.15, -0.1) is 18.0 Å². The van der Waals surface area contributed by atoms with Crippen LogP contribution in [0, 0.1) is 138 Å². The molecule has 0 atom stereocenters. The number of rotatable bonds is 2. The molecule has 0 saturated heterocycles. The molecule has 0 radical (unpaired) electrons. The van der Waals surface area contributed by atoms with Crippen molar-refractivity contribution in [2.45, 2.75) is 12.8 Å². The fraction of sp³-hybridized carbons (Fsp3) is 0.0667. The van der Waals surface area contributed by atoms with Gasteiger partial charge in [-0.1, -0.05) is 6.07 Å². The van der Waals surface area contributed by atoms with Gasteiger partial charge in [-0.25, -0.2) is 0 Å². The van der Waals surface area contributed by atoms with Gasteiger partial charge in [-0.2, -0.15) is 0 Å². The highest BCUT2D eigenvalue weighted by Crippen LogP contribution is 2.17. The second-order valence-electron chi connectivity index (χ2n) is 5.01. The molecular formula is C30H9ClO. The molecule has 1 aromatic carbocycles. The number of alkyl halides is 1. The van der Waals surface area contributed by atoms with E-state index in [1.54, 1.807) is 0 Å². The zero-order chi connectivity index (χ0) is 23.1. The standard InChI is InChI=1S/C30H9ClO/c1-3-4-5-6-7-8-9-10-11-12-13-14-15-16-17-18-19-20-21-22-23-32-30-25-28(2)24-29(26-30)27-31/h1,24-26H,27H2,2H3. The lowest BCUT2D eigenvalue weighted by atomic mass is 10.1. The van der Waals surface area contributed by atoms with Gasteiger partial charge >= 0.3 is 0 Å². The summed E-state index contributed by atoms with van der Waals surface area (Å²) in [5.74, 6) is 50.5. The van der Waals surface area contributed by atoms with Crippen LogP contribution in [-0.4, -0.2) is 0 Å². The summed E-state index contributed by atoms with van der Waals surface area (Å²) in [5.41, 5.74) is 2.00. The number of hydrogen-bond donors (Lipinski definition) is 0. The van der Waals surface area contributed by atoms with Crippen LogP contribution in [0.4, 0.5) is 0 Å². The molecule has 0 aliphatic heterocycles. The number of halogens is 1. The smallest absolute Gasteiger partial charge is 0.140 e.